The zero-order valence-electron chi connectivity index (χ0n) is 8.40. The van der Waals surface area contributed by atoms with Crippen LogP contribution in [0, 0.1) is 0 Å². The van der Waals surface area contributed by atoms with Gasteiger partial charge >= 0.3 is 0 Å². The van der Waals surface area contributed by atoms with E-state index in [0.29, 0.717) is 11.4 Å². The first-order valence-corrected chi connectivity index (χ1v) is 4.43. The highest BCUT2D eigenvalue weighted by Gasteiger charge is 2.13. The summed E-state index contributed by atoms with van der Waals surface area (Å²) in [4.78, 5) is 0. The van der Waals surface area contributed by atoms with Crippen molar-refractivity contribution in [3.63, 3.8) is 0 Å². The molecule has 0 bridgehead atoms. The Morgan fingerprint density at radius 2 is 2.07 bits per heavy atom. The zero-order valence-corrected chi connectivity index (χ0v) is 8.40. The van der Waals surface area contributed by atoms with Gasteiger partial charge < -0.3 is 21.3 Å². The first-order valence-electron chi connectivity index (χ1n) is 4.43. The lowest BCUT2D eigenvalue weighted by Crippen LogP contribution is -2.23. The average molecular weight is 196 g/mol. The van der Waals surface area contributed by atoms with E-state index in [-0.39, 0.29) is 0 Å². The molecular formula is C10H16N2O2. The van der Waals surface area contributed by atoms with Crippen molar-refractivity contribution in [2.75, 3.05) is 12.8 Å². The van der Waals surface area contributed by atoms with Crippen molar-refractivity contribution in [2.24, 2.45) is 5.73 Å². The third-order valence-electron chi connectivity index (χ3n) is 2.16. The summed E-state index contributed by atoms with van der Waals surface area (Å²) in [7, 11) is 1.55. The molecule has 4 nitrogen and oxygen atoms in total. The number of hydrogen-bond donors (Lipinski definition) is 3. The monoisotopic (exact) mass is 196 g/mol. The summed E-state index contributed by atoms with van der Waals surface area (Å²) in [5.41, 5.74) is 12.8. The molecule has 78 valence electrons. The van der Waals surface area contributed by atoms with Crippen molar-refractivity contribution in [3.05, 3.63) is 23.8 Å². The van der Waals surface area contributed by atoms with Crippen LogP contribution in [0.3, 0.4) is 0 Å². The molecule has 2 unspecified atom stereocenters. The largest absolute Gasteiger partial charge is 0.495 e. The van der Waals surface area contributed by atoms with Crippen molar-refractivity contribution in [1.29, 1.82) is 0 Å². The molecule has 1 aromatic carbocycles. The van der Waals surface area contributed by atoms with Crippen molar-refractivity contribution in [1.82, 2.24) is 0 Å². The van der Waals surface area contributed by atoms with E-state index in [2.05, 4.69) is 0 Å². The minimum absolute atomic E-state index is 0.413. The Balaban J connectivity index is 3.00. The van der Waals surface area contributed by atoms with Gasteiger partial charge in [0.25, 0.3) is 0 Å². The van der Waals surface area contributed by atoms with Crippen LogP contribution in [0.1, 0.15) is 18.5 Å². The van der Waals surface area contributed by atoms with Crippen LogP contribution < -0.4 is 16.2 Å². The van der Waals surface area contributed by atoms with Gasteiger partial charge in [0.05, 0.1) is 24.9 Å². The predicted octanol–water partition coefficient (Wildman–Crippen LogP) is 0.658. The number of anilines is 1. The molecule has 2 atom stereocenters. The number of nitrogen functional groups attached to an aromatic ring is 1. The molecule has 0 saturated carbocycles. The van der Waals surface area contributed by atoms with Crippen LogP contribution >= 0.6 is 0 Å². The summed E-state index contributed by atoms with van der Waals surface area (Å²) in [6, 6.07) is 4.84. The standard InChI is InChI=1S/C10H16N2O2/c1-6(13)10(12)7-3-4-8(11)9(5-7)14-2/h3-6,10,13H,11-12H2,1-2H3. The number of nitrogens with two attached hydrogens (primary N) is 2. The van der Waals surface area contributed by atoms with Crippen LogP contribution in [-0.2, 0) is 0 Å². The fourth-order valence-electron chi connectivity index (χ4n) is 1.21. The second-order valence-electron chi connectivity index (χ2n) is 3.27. The molecule has 1 aromatic rings. The molecule has 0 spiro atoms. The molecule has 0 fully saturated rings. The first-order chi connectivity index (χ1) is 6.56. The van der Waals surface area contributed by atoms with Crippen molar-refractivity contribution < 1.29 is 9.84 Å². The lowest BCUT2D eigenvalue weighted by molar-refractivity contribution is 0.164. The van der Waals surface area contributed by atoms with Gasteiger partial charge in [-0.15, -0.1) is 0 Å². The maximum Gasteiger partial charge on any atom is 0.142 e. The summed E-state index contributed by atoms with van der Waals surface area (Å²) in [6.07, 6.45) is -0.594. The van der Waals surface area contributed by atoms with Gasteiger partial charge in [-0.25, -0.2) is 0 Å². The van der Waals surface area contributed by atoms with E-state index in [9.17, 15) is 5.11 Å². The Labute approximate surface area is 83.5 Å². The van der Waals surface area contributed by atoms with E-state index in [1.807, 2.05) is 0 Å². The minimum atomic E-state index is -0.594. The molecule has 14 heavy (non-hydrogen) atoms. The Morgan fingerprint density at radius 1 is 1.43 bits per heavy atom. The van der Waals surface area contributed by atoms with Crippen LogP contribution in [0.2, 0.25) is 0 Å². The Bertz CT molecular complexity index is 313. The minimum Gasteiger partial charge on any atom is -0.495 e. The fraction of sp³-hybridized carbons (Fsp3) is 0.400. The molecule has 0 aromatic heterocycles. The van der Waals surface area contributed by atoms with E-state index in [1.54, 1.807) is 32.2 Å². The second kappa shape index (κ2) is 4.30. The van der Waals surface area contributed by atoms with Crippen LogP contribution in [0.4, 0.5) is 5.69 Å². The third-order valence-corrected chi connectivity index (χ3v) is 2.16. The molecule has 5 N–H and O–H groups in total. The number of aliphatic hydroxyl groups is 1. The average Bonchev–Trinajstić information content (AvgIpc) is 2.17. The Hall–Kier alpha value is -1.26. The lowest BCUT2D eigenvalue weighted by Gasteiger charge is -2.16. The third kappa shape index (κ3) is 2.16. The molecule has 0 aliphatic rings. The second-order valence-corrected chi connectivity index (χ2v) is 3.27. The van der Waals surface area contributed by atoms with Gasteiger partial charge in [-0.1, -0.05) is 6.07 Å². The maximum absolute atomic E-state index is 9.31. The zero-order chi connectivity index (χ0) is 10.7. The van der Waals surface area contributed by atoms with Gasteiger partial charge in [-0.3, -0.25) is 0 Å². The number of aliphatic hydroxyl groups excluding tert-OH is 1. The predicted molar refractivity (Wildman–Crippen MR) is 56.0 cm³/mol. The topological polar surface area (TPSA) is 81.5 Å². The number of rotatable bonds is 3. The SMILES string of the molecule is COc1cc(C(N)C(C)O)ccc1N. The number of methoxy groups -OCH3 is 1. The quantitative estimate of drug-likeness (QED) is 0.620. The van der Waals surface area contributed by atoms with Crippen LogP contribution in [0.15, 0.2) is 18.2 Å². The fourth-order valence-corrected chi connectivity index (χ4v) is 1.21. The highest BCUT2D eigenvalue weighted by atomic mass is 16.5. The van der Waals surface area contributed by atoms with Gasteiger partial charge in [-0.05, 0) is 24.6 Å². The van der Waals surface area contributed by atoms with Crippen molar-refractivity contribution >= 4 is 5.69 Å². The van der Waals surface area contributed by atoms with Crippen molar-refractivity contribution in [2.45, 2.75) is 19.1 Å². The summed E-state index contributed by atoms with van der Waals surface area (Å²) in [5.74, 6) is 0.582. The molecule has 0 radical (unpaired) electrons. The number of hydrogen-bond acceptors (Lipinski definition) is 4. The molecule has 0 aliphatic carbocycles. The maximum atomic E-state index is 9.31. The summed E-state index contributed by atoms with van der Waals surface area (Å²) < 4.78 is 5.05. The highest BCUT2D eigenvalue weighted by molar-refractivity contribution is 5.54. The van der Waals surface area contributed by atoms with E-state index < -0.39 is 12.1 Å². The summed E-state index contributed by atoms with van der Waals surface area (Å²) in [5, 5.41) is 9.31. The molecular weight excluding hydrogens is 180 g/mol. The summed E-state index contributed by atoms with van der Waals surface area (Å²) >= 11 is 0. The van der Waals surface area contributed by atoms with Crippen LogP contribution in [0.25, 0.3) is 0 Å². The van der Waals surface area contributed by atoms with Gasteiger partial charge in [0, 0.05) is 0 Å². The Morgan fingerprint density at radius 3 is 2.57 bits per heavy atom. The highest BCUT2D eigenvalue weighted by Crippen LogP contribution is 2.25. The lowest BCUT2D eigenvalue weighted by atomic mass is 10.0. The smallest absolute Gasteiger partial charge is 0.142 e. The Kier molecular flexibility index (Phi) is 3.33. The first kappa shape index (κ1) is 10.8. The van der Waals surface area contributed by atoms with E-state index in [4.69, 9.17) is 16.2 Å². The van der Waals surface area contributed by atoms with Gasteiger partial charge in [0.2, 0.25) is 0 Å². The van der Waals surface area contributed by atoms with E-state index in [0.717, 1.165) is 5.56 Å². The van der Waals surface area contributed by atoms with Gasteiger partial charge in [0.15, 0.2) is 0 Å². The van der Waals surface area contributed by atoms with Gasteiger partial charge in [-0.2, -0.15) is 0 Å². The number of benzene rings is 1. The number of ether oxygens (including phenoxy) is 1. The molecule has 0 saturated heterocycles. The molecule has 1 rings (SSSR count). The van der Waals surface area contributed by atoms with E-state index >= 15 is 0 Å². The van der Waals surface area contributed by atoms with Crippen LogP contribution in [-0.4, -0.2) is 18.3 Å². The molecule has 0 heterocycles. The molecule has 0 aliphatic heterocycles. The van der Waals surface area contributed by atoms with Gasteiger partial charge in [0.1, 0.15) is 5.75 Å². The molecule has 4 heteroatoms. The summed E-state index contributed by atoms with van der Waals surface area (Å²) in [6.45, 7) is 1.65. The van der Waals surface area contributed by atoms with E-state index in [1.165, 1.54) is 0 Å². The van der Waals surface area contributed by atoms with Crippen molar-refractivity contribution in [3.8, 4) is 5.75 Å². The molecule has 0 amide bonds. The normalized spacial score (nSPS) is 14.9. The van der Waals surface area contributed by atoms with Crippen LogP contribution in [0.5, 0.6) is 5.75 Å².